The van der Waals surface area contributed by atoms with Crippen LogP contribution in [0.2, 0.25) is 0 Å². The van der Waals surface area contributed by atoms with Crippen molar-refractivity contribution < 1.29 is 0 Å². The van der Waals surface area contributed by atoms with E-state index in [1.807, 2.05) is 0 Å². The zero-order valence-electron chi connectivity index (χ0n) is 15.6. The minimum Gasteiger partial charge on any atom is -0.316 e. The van der Waals surface area contributed by atoms with Crippen LogP contribution in [0.4, 0.5) is 0 Å². The summed E-state index contributed by atoms with van der Waals surface area (Å²) in [7, 11) is 0. The number of hydrogen-bond acceptors (Lipinski definition) is 0. The Morgan fingerprint density at radius 3 is 2.19 bits per heavy atom. The summed E-state index contributed by atoms with van der Waals surface area (Å²) < 4.78 is 2.29. The van der Waals surface area contributed by atoms with Crippen molar-refractivity contribution in [3.05, 3.63) is 102 Å². The molecule has 0 aliphatic carbocycles. The number of pyridine rings is 1. The number of hydrogen-bond donors (Lipinski definition) is 0. The Balaban J connectivity index is 1.77. The molecule has 130 valence electrons. The van der Waals surface area contributed by atoms with Crippen molar-refractivity contribution in [3.63, 3.8) is 0 Å². The lowest BCUT2D eigenvalue weighted by Crippen LogP contribution is -1.85. The van der Waals surface area contributed by atoms with Gasteiger partial charge in [-0.3, -0.25) is 0 Å². The molecule has 0 bridgehead atoms. The van der Waals surface area contributed by atoms with Crippen molar-refractivity contribution >= 4 is 16.4 Å². The molecule has 0 N–H and O–H groups in total. The van der Waals surface area contributed by atoms with Gasteiger partial charge in [-0.2, -0.15) is 0 Å². The monoisotopic (exact) mass is 347 g/mol. The minimum absolute atomic E-state index is 1.25. The molecule has 0 aliphatic rings. The van der Waals surface area contributed by atoms with E-state index in [4.69, 9.17) is 0 Å². The summed E-state index contributed by atoms with van der Waals surface area (Å²) in [5, 5.41) is 1.29. The molecule has 27 heavy (non-hydrogen) atoms. The molecule has 2 aromatic heterocycles. The van der Waals surface area contributed by atoms with Crippen LogP contribution in [0, 0.1) is 13.8 Å². The van der Waals surface area contributed by atoms with Crippen molar-refractivity contribution in [2.24, 2.45) is 0 Å². The normalized spacial score (nSPS) is 11.3. The van der Waals surface area contributed by atoms with E-state index in [0.29, 0.717) is 0 Å². The summed E-state index contributed by atoms with van der Waals surface area (Å²) in [6.45, 7) is 4.34. The topological polar surface area (TPSA) is 4.41 Å². The summed E-state index contributed by atoms with van der Waals surface area (Å²) in [5.74, 6) is 0. The molecule has 2 heterocycles. The van der Waals surface area contributed by atoms with Crippen LogP contribution in [0.5, 0.6) is 0 Å². The van der Waals surface area contributed by atoms with Crippen molar-refractivity contribution in [2.75, 3.05) is 0 Å². The van der Waals surface area contributed by atoms with E-state index in [-0.39, 0.29) is 0 Å². The van der Waals surface area contributed by atoms with Crippen LogP contribution in [0.3, 0.4) is 0 Å². The first-order chi connectivity index (χ1) is 13.2. The van der Waals surface area contributed by atoms with Gasteiger partial charge in [0.25, 0.3) is 0 Å². The van der Waals surface area contributed by atoms with E-state index in [0.717, 1.165) is 0 Å². The van der Waals surface area contributed by atoms with Gasteiger partial charge in [0.15, 0.2) is 0 Å². The lowest BCUT2D eigenvalue weighted by molar-refractivity contribution is 1.25. The maximum absolute atomic E-state index is 2.32. The van der Waals surface area contributed by atoms with Crippen LogP contribution in [0.15, 0.2) is 91.1 Å². The Bertz CT molecular complexity index is 1240. The Morgan fingerprint density at radius 1 is 0.556 bits per heavy atom. The summed E-state index contributed by atoms with van der Waals surface area (Å²) >= 11 is 0. The zero-order valence-corrected chi connectivity index (χ0v) is 15.6. The van der Waals surface area contributed by atoms with Crippen molar-refractivity contribution in [3.8, 4) is 22.3 Å². The fraction of sp³-hybridized carbons (Fsp3) is 0.0769. The van der Waals surface area contributed by atoms with Gasteiger partial charge in [-0.15, -0.1) is 0 Å². The first-order valence-corrected chi connectivity index (χ1v) is 9.38. The van der Waals surface area contributed by atoms with Gasteiger partial charge in [0.2, 0.25) is 0 Å². The number of rotatable bonds is 2. The second kappa shape index (κ2) is 6.14. The van der Waals surface area contributed by atoms with E-state index < -0.39 is 0 Å². The molecule has 5 rings (SSSR count). The molecule has 0 saturated carbocycles. The van der Waals surface area contributed by atoms with Crippen LogP contribution < -0.4 is 0 Å². The summed E-state index contributed by atoms with van der Waals surface area (Å²) in [6.07, 6.45) is 2.15. The highest BCUT2D eigenvalue weighted by molar-refractivity contribution is 6.06. The third-order valence-corrected chi connectivity index (χ3v) is 5.54. The van der Waals surface area contributed by atoms with Gasteiger partial charge >= 0.3 is 0 Å². The van der Waals surface area contributed by atoms with Gasteiger partial charge in [0.05, 0.1) is 11.0 Å². The number of benzene rings is 3. The average Bonchev–Trinajstić information content (AvgIpc) is 3.05. The number of nitrogens with zero attached hydrogens (tertiary/aromatic N) is 1. The van der Waals surface area contributed by atoms with Crippen molar-refractivity contribution in [2.45, 2.75) is 13.8 Å². The molecule has 0 unspecified atom stereocenters. The Kier molecular flexibility index (Phi) is 3.61. The number of para-hydroxylation sites is 1. The molecule has 0 radical (unpaired) electrons. The first kappa shape index (κ1) is 15.9. The lowest BCUT2D eigenvalue weighted by Gasteiger charge is -2.08. The predicted molar refractivity (Wildman–Crippen MR) is 115 cm³/mol. The van der Waals surface area contributed by atoms with Gasteiger partial charge < -0.3 is 4.40 Å². The van der Waals surface area contributed by atoms with Gasteiger partial charge in [-0.25, -0.2) is 0 Å². The largest absolute Gasteiger partial charge is 0.316 e. The standard InChI is InChI=1S/C26H21N/c1-18-13-14-21(16-19(18)2)20-8-7-9-22(17-20)26-23-10-3-4-11-24(23)27-15-6-5-12-25(26)27/h3-17H,1-2H3. The molecule has 0 atom stereocenters. The lowest BCUT2D eigenvalue weighted by atomic mass is 9.96. The van der Waals surface area contributed by atoms with E-state index in [1.165, 1.54) is 49.8 Å². The smallest absolute Gasteiger partial charge is 0.0540 e. The molecular weight excluding hydrogens is 326 g/mol. The second-order valence-corrected chi connectivity index (χ2v) is 7.23. The Hall–Kier alpha value is -3.32. The predicted octanol–water partition coefficient (Wildman–Crippen LogP) is 7.04. The van der Waals surface area contributed by atoms with Crippen LogP contribution in [-0.4, -0.2) is 4.40 Å². The third kappa shape index (κ3) is 2.55. The SMILES string of the molecule is Cc1ccc(-c2cccc(-c3c4ccccc4n4ccccc34)c2)cc1C. The molecule has 1 heteroatoms. The number of aromatic nitrogens is 1. The van der Waals surface area contributed by atoms with E-state index in [1.54, 1.807) is 0 Å². The quantitative estimate of drug-likeness (QED) is 0.322. The zero-order chi connectivity index (χ0) is 18.4. The second-order valence-electron chi connectivity index (χ2n) is 7.23. The van der Waals surface area contributed by atoms with Crippen molar-refractivity contribution in [1.29, 1.82) is 0 Å². The van der Waals surface area contributed by atoms with Gasteiger partial charge in [0, 0.05) is 17.1 Å². The van der Waals surface area contributed by atoms with Crippen molar-refractivity contribution in [1.82, 2.24) is 4.40 Å². The molecule has 1 nitrogen and oxygen atoms in total. The fourth-order valence-electron chi connectivity index (χ4n) is 3.97. The van der Waals surface area contributed by atoms with Crippen LogP contribution in [-0.2, 0) is 0 Å². The van der Waals surface area contributed by atoms with E-state index in [2.05, 4.69) is 109 Å². The molecular formula is C26H21N. The Labute approximate surface area is 159 Å². The molecule has 5 aromatic rings. The average molecular weight is 347 g/mol. The maximum atomic E-state index is 2.32. The molecule has 0 spiro atoms. The number of fused-ring (bicyclic) bond motifs is 3. The van der Waals surface area contributed by atoms with Gasteiger partial charge in [-0.05, 0) is 65.9 Å². The fourth-order valence-corrected chi connectivity index (χ4v) is 3.97. The minimum atomic E-state index is 1.25. The highest BCUT2D eigenvalue weighted by Gasteiger charge is 2.13. The van der Waals surface area contributed by atoms with E-state index in [9.17, 15) is 0 Å². The Morgan fingerprint density at radius 2 is 1.30 bits per heavy atom. The van der Waals surface area contributed by atoms with Gasteiger partial charge in [-0.1, -0.05) is 60.7 Å². The summed E-state index contributed by atoms with van der Waals surface area (Å²) in [6, 6.07) is 30.7. The molecule has 3 aromatic carbocycles. The van der Waals surface area contributed by atoms with Crippen LogP contribution in [0.25, 0.3) is 38.7 Å². The number of aryl methyl sites for hydroxylation is 2. The summed E-state index contributed by atoms with van der Waals surface area (Å²) in [5.41, 5.74) is 10.3. The third-order valence-electron chi connectivity index (χ3n) is 5.54. The van der Waals surface area contributed by atoms with Crippen LogP contribution >= 0.6 is 0 Å². The highest BCUT2D eigenvalue weighted by atomic mass is 14.9. The molecule has 0 aliphatic heterocycles. The van der Waals surface area contributed by atoms with Crippen LogP contribution in [0.1, 0.15) is 11.1 Å². The van der Waals surface area contributed by atoms with Gasteiger partial charge in [0.1, 0.15) is 0 Å². The first-order valence-electron chi connectivity index (χ1n) is 9.38. The molecule has 0 saturated heterocycles. The highest BCUT2D eigenvalue weighted by Crippen LogP contribution is 2.37. The maximum Gasteiger partial charge on any atom is 0.0540 e. The molecule has 0 fully saturated rings. The summed E-state index contributed by atoms with van der Waals surface area (Å²) in [4.78, 5) is 0. The molecule has 0 amide bonds. The van der Waals surface area contributed by atoms with E-state index >= 15 is 0 Å².